The topological polar surface area (TPSA) is 119 Å². The molecule has 2 aliphatic rings. The third-order valence-electron chi connectivity index (χ3n) is 6.78. The van der Waals surface area contributed by atoms with Gasteiger partial charge in [0.2, 0.25) is 5.84 Å². The summed E-state index contributed by atoms with van der Waals surface area (Å²) in [7, 11) is 0. The van der Waals surface area contributed by atoms with Crippen LogP contribution in [0.5, 0.6) is 5.75 Å². The molecule has 1 aromatic carbocycles. The van der Waals surface area contributed by atoms with Gasteiger partial charge < -0.3 is 15.4 Å². The number of carbonyl (C=O) groups excluding carboxylic acids is 2. The van der Waals surface area contributed by atoms with E-state index in [1.165, 1.54) is 12.1 Å². The number of amides is 1. The predicted molar refractivity (Wildman–Crippen MR) is 171 cm³/mol. The maximum atomic E-state index is 13.8. The zero-order chi connectivity index (χ0) is 32.0. The molecule has 0 atom stereocenters. The molecule has 0 radical (unpaired) electrons. The molecule has 4 N–H and O–H groups in total. The van der Waals surface area contributed by atoms with Crippen LogP contribution in [0, 0.1) is 12.8 Å². The number of anilines is 1. The number of nitrogens with zero attached hydrogens (tertiary/aromatic N) is 2. The molecule has 0 bridgehead atoms. The number of hydrogen-bond acceptors (Lipinski definition) is 6. The zero-order valence-electron chi connectivity index (χ0n) is 24.5. The van der Waals surface area contributed by atoms with E-state index < -0.39 is 17.9 Å². The van der Waals surface area contributed by atoms with E-state index in [2.05, 4.69) is 42.4 Å². The van der Waals surface area contributed by atoms with Gasteiger partial charge in [-0.3, -0.25) is 20.0 Å². The Morgan fingerprint density at radius 2 is 1.95 bits per heavy atom. The second kappa shape index (κ2) is 14.1. The van der Waals surface area contributed by atoms with E-state index >= 15 is 0 Å². The molecule has 0 spiro atoms. The number of phenolic OH excluding ortho intramolecular Hbond substituents is 1. The lowest BCUT2D eigenvalue weighted by atomic mass is 9.97. The van der Waals surface area contributed by atoms with Crippen LogP contribution >= 0.6 is 15.9 Å². The summed E-state index contributed by atoms with van der Waals surface area (Å²) >= 11 is 3.59. The third-order valence-corrected chi connectivity index (χ3v) is 7.51. The first-order valence-electron chi connectivity index (χ1n) is 14.1. The van der Waals surface area contributed by atoms with Crippen molar-refractivity contribution in [2.75, 3.05) is 11.9 Å². The monoisotopic (exact) mass is 671 g/mol. The number of hydrazone groups is 1. The van der Waals surface area contributed by atoms with Gasteiger partial charge in [0.15, 0.2) is 5.78 Å². The summed E-state index contributed by atoms with van der Waals surface area (Å²) in [5.74, 6) is -1.83. The van der Waals surface area contributed by atoms with Crippen LogP contribution in [0.15, 0.2) is 62.7 Å². The number of aromatic amines is 1. The Labute approximate surface area is 261 Å². The summed E-state index contributed by atoms with van der Waals surface area (Å²) in [5.41, 5.74) is 4.54. The molecule has 44 heavy (non-hydrogen) atoms. The predicted octanol–water partition coefficient (Wildman–Crippen LogP) is 5.94. The molecule has 0 unspecified atom stereocenters. The lowest BCUT2D eigenvalue weighted by Crippen LogP contribution is -2.38. The number of aryl methyl sites for hydroxylation is 1. The van der Waals surface area contributed by atoms with Crippen LogP contribution in [0.1, 0.15) is 65.8 Å². The molecule has 4 rings (SSSR count). The molecular weight excluding hydrogens is 639 g/mol. The average Bonchev–Trinajstić information content (AvgIpc) is 3.35. The van der Waals surface area contributed by atoms with Gasteiger partial charge in [-0.15, -0.1) is 0 Å². The van der Waals surface area contributed by atoms with Crippen molar-refractivity contribution in [2.45, 2.75) is 52.6 Å². The van der Waals surface area contributed by atoms with E-state index in [-0.39, 0.29) is 48.0 Å². The van der Waals surface area contributed by atoms with Crippen LogP contribution in [0.4, 0.5) is 18.9 Å². The lowest BCUT2D eigenvalue weighted by molar-refractivity contribution is -0.0620. The van der Waals surface area contributed by atoms with Crippen molar-refractivity contribution in [3.8, 4) is 5.75 Å². The number of Topliss-reactive ketones (excluding diaryl/α,β-unsaturated/α-hetero) is 1. The first kappa shape index (κ1) is 32.7. The van der Waals surface area contributed by atoms with Crippen LogP contribution in [0.2, 0.25) is 0 Å². The van der Waals surface area contributed by atoms with Gasteiger partial charge in [-0.05, 0) is 67.2 Å². The minimum atomic E-state index is -4.61. The number of phenols is 1. The highest BCUT2D eigenvalue weighted by Gasteiger charge is 2.37. The Bertz CT molecular complexity index is 1730. The molecule has 2 aromatic rings. The molecule has 1 aromatic heterocycles. The fourth-order valence-corrected chi connectivity index (χ4v) is 5.07. The Balaban J connectivity index is 1.73. The fraction of sp³-hybridized carbons (Fsp3) is 0.312. The van der Waals surface area contributed by atoms with E-state index in [9.17, 15) is 27.9 Å². The Kier molecular flexibility index (Phi) is 10.5. The van der Waals surface area contributed by atoms with Crippen molar-refractivity contribution in [3.05, 3.63) is 79.9 Å². The first-order chi connectivity index (χ1) is 20.8. The molecule has 12 heteroatoms. The molecule has 232 valence electrons. The summed E-state index contributed by atoms with van der Waals surface area (Å²) in [6.07, 6.45) is 8.96. The minimum absolute atomic E-state index is 0.0748. The fourth-order valence-electron chi connectivity index (χ4n) is 4.64. The quantitative estimate of drug-likeness (QED) is 0.205. The number of amidine groups is 1. The summed E-state index contributed by atoms with van der Waals surface area (Å²) < 4.78 is 39.4. The summed E-state index contributed by atoms with van der Waals surface area (Å²) in [6.45, 7) is 5.31. The Hall–Kier alpha value is -4.19. The van der Waals surface area contributed by atoms with Gasteiger partial charge in [-0.25, -0.2) is 0 Å². The number of aliphatic imine (C=N–C) groups is 1. The molecular formula is C32H33BrF3N5O3. The van der Waals surface area contributed by atoms with Crippen molar-refractivity contribution >= 4 is 57.0 Å². The van der Waals surface area contributed by atoms with Gasteiger partial charge in [-0.1, -0.05) is 54.1 Å². The molecule has 8 nitrogen and oxygen atoms in total. The summed E-state index contributed by atoms with van der Waals surface area (Å²) in [4.78, 5) is 33.6. The Morgan fingerprint density at radius 3 is 2.64 bits per heavy atom. The number of aromatic hydroxyl groups is 1. The standard InChI is InChI=1S/C32H33BrF3N5O3/c1-18(2)12-28(43)25-16-23(42)13-19(3)29(25)39-30(44)24-15-21(10-11-22-17-37-31(41-40-22)32(34,35)36)38-27(24)14-20-8-6-4-5-7-9-26(20)33/h5,7-10,13-16,18,38,42H,4,6,11-12,17H2,1-3H3,(H,37,41)(H,39,44)/b7-5?,20-8?,21-10+,26-9+,27-14+. The van der Waals surface area contributed by atoms with Gasteiger partial charge in [-0.2, -0.15) is 18.3 Å². The van der Waals surface area contributed by atoms with Crippen LogP contribution in [0.25, 0.3) is 12.2 Å². The number of ketones is 1. The van der Waals surface area contributed by atoms with Crippen LogP contribution < -0.4 is 21.4 Å². The number of hydrogen-bond donors (Lipinski definition) is 4. The number of halogens is 4. The number of alkyl halides is 3. The number of carbonyl (C=O) groups is 2. The highest BCUT2D eigenvalue weighted by molar-refractivity contribution is 9.12. The highest BCUT2D eigenvalue weighted by Crippen LogP contribution is 2.29. The highest BCUT2D eigenvalue weighted by atomic mass is 79.9. The second-order valence-corrected chi connectivity index (χ2v) is 11.8. The van der Waals surface area contributed by atoms with Gasteiger partial charge in [0.25, 0.3) is 5.91 Å². The van der Waals surface area contributed by atoms with E-state index in [0.29, 0.717) is 27.7 Å². The second-order valence-electron chi connectivity index (χ2n) is 10.9. The minimum Gasteiger partial charge on any atom is -0.508 e. The number of nitrogens with one attached hydrogen (secondary N) is 3. The van der Waals surface area contributed by atoms with Crippen molar-refractivity contribution in [1.82, 2.24) is 10.4 Å². The molecule has 0 fully saturated rings. The molecule has 1 aliphatic heterocycles. The normalized spacial score (nSPS) is 17.6. The average molecular weight is 673 g/mol. The first-order valence-corrected chi connectivity index (χ1v) is 14.9. The molecule has 0 saturated heterocycles. The number of H-pyrrole nitrogens is 1. The SMILES string of the molecule is Cc1cc(O)cc(C(=O)CC(C)C)c1NC(=O)c1c/c(=C\CC2=NNC(C(F)(F)F)=NC2)[nH]/c1=C/C1=CCCC=C/C=C\1Br. The van der Waals surface area contributed by atoms with Crippen LogP contribution in [0.3, 0.4) is 0 Å². The smallest absolute Gasteiger partial charge is 0.450 e. The van der Waals surface area contributed by atoms with Crippen molar-refractivity contribution in [3.63, 3.8) is 0 Å². The molecule has 2 heterocycles. The number of allylic oxidation sites excluding steroid dienone is 6. The molecule has 1 aliphatic carbocycles. The van der Waals surface area contributed by atoms with Crippen LogP contribution in [-0.4, -0.2) is 46.0 Å². The van der Waals surface area contributed by atoms with Gasteiger partial charge in [0.1, 0.15) is 5.75 Å². The maximum absolute atomic E-state index is 13.8. The lowest BCUT2D eigenvalue weighted by Gasteiger charge is -2.15. The van der Waals surface area contributed by atoms with Gasteiger partial charge in [0, 0.05) is 28.2 Å². The summed E-state index contributed by atoms with van der Waals surface area (Å²) in [5, 5.41) is 17.9. The van der Waals surface area contributed by atoms with Crippen molar-refractivity contribution in [2.24, 2.45) is 16.0 Å². The van der Waals surface area contributed by atoms with Crippen molar-refractivity contribution in [1.29, 1.82) is 0 Å². The van der Waals surface area contributed by atoms with E-state index in [1.807, 2.05) is 43.6 Å². The third kappa shape index (κ3) is 8.46. The van der Waals surface area contributed by atoms with Gasteiger partial charge >= 0.3 is 6.18 Å². The van der Waals surface area contributed by atoms with Gasteiger partial charge in [0.05, 0.1) is 28.9 Å². The maximum Gasteiger partial charge on any atom is 0.450 e. The van der Waals surface area contributed by atoms with E-state index in [4.69, 9.17) is 0 Å². The zero-order valence-corrected chi connectivity index (χ0v) is 26.1. The Morgan fingerprint density at radius 1 is 1.18 bits per heavy atom. The van der Waals surface area contributed by atoms with E-state index in [0.717, 1.165) is 22.9 Å². The largest absolute Gasteiger partial charge is 0.508 e. The number of benzene rings is 1. The number of rotatable bonds is 8. The number of aromatic nitrogens is 1. The molecule has 1 amide bonds. The van der Waals surface area contributed by atoms with Crippen LogP contribution in [-0.2, 0) is 0 Å². The summed E-state index contributed by atoms with van der Waals surface area (Å²) in [6, 6.07) is 4.47. The van der Waals surface area contributed by atoms with E-state index in [1.54, 1.807) is 19.1 Å². The van der Waals surface area contributed by atoms with Crippen molar-refractivity contribution < 1.29 is 27.9 Å². The molecule has 0 saturated carbocycles.